The second kappa shape index (κ2) is 7.93. The number of fused-ring (bicyclic) bond motifs is 1. The minimum absolute atomic E-state index is 0.0149. The molecule has 3 aromatic carbocycles. The molecule has 0 bridgehead atoms. The van der Waals surface area contributed by atoms with E-state index in [1.807, 2.05) is 37.3 Å². The number of nitrogens with zero attached hydrogens (tertiary/aromatic N) is 1. The van der Waals surface area contributed by atoms with E-state index in [2.05, 4.69) is 46.6 Å². The molecule has 1 N–H and O–H groups in total. The van der Waals surface area contributed by atoms with Gasteiger partial charge in [-0.25, -0.2) is 0 Å². The lowest BCUT2D eigenvalue weighted by Crippen LogP contribution is -2.27. The van der Waals surface area contributed by atoms with Crippen LogP contribution in [0.15, 0.2) is 66.7 Å². The SMILES string of the molecule is CC(NC(=O)c1cccc(CN2CCCC2)c1)c1ccc2ccccc2c1. The largest absolute Gasteiger partial charge is 0.346 e. The van der Waals surface area contributed by atoms with Gasteiger partial charge in [0.25, 0.3) is 5.91 Å². The smallest absolute Gasteiger partial charge is 0.251 e. The highest BCUT2D eigenvalue weighted by Gasteiger charge is 2.15. The summed E-state index contributed by atoms with van der Waals surface area (Å²) in [6.07, 6.45) is 2.56. The van der Waals surface area contributed by atoms with Crippen molar-refractivity contribution >= 4 is 16.7 Å². The summed E-state index contributed by atoms with van der Waals surface area (Å²) in [4.78, 5) is 15.2. The molecule has 1 fully saturated rings. The molecule has 138 valence electrons. The monoisotopic (exact) mass is 358 g/mol. The van der Waals surface area contributed by atoms with E-state index in [0.29, 0.717) is 0 Å². The quantitative estimate of drug-likeness (QED) is 0.701. The molecule has 27 heavy (non-hydrogen) atoms. The van der Waals surface area contributed by atoms with Gasteiger partial charge in [-0.2, -0.15) is 0 Å². The highest BCUT2D eigenvalue weighted by atomic mass is 16.1. The zero-order valence-corrected chi connectivity index (χ0v) is 15.8. The van der Waals surface area contributed by atoms with Crippen LogP contribution < -0.4 is 5.32 Å². The summed E-state index contributed by atoms with van der Waals surface area (Å²) >= 11 is 0. The van der Waals surface area contributed by atoms with E-state index < -0.39 is 0 Å². The molecule has 3 aromatic rings. The maximum Gasteiger partial charge on any atom is 0.251 e. The minimum atomic E-state index is -0.0376. The van der Waals surface area contributed by atoms with E-state index in [1.54, 1.807) is 0 Å². The lowest BCUT2D eigenvalue weighted by Gasteiger charge is -2.17. The third kappa shape index (κ3) is 4.20. The van der Waals surface area contributed by atoms with Crippen molar-refractivity contribution in [1.82, 2.24) is 10.2 Å². The van der Waals surface area contributed by atoms with Gasteiger partial charge in [0.15, 0.2) is 0 Å². The standard InChI is InChI=1S/C24H26N2O/c1-18(21-12-11-20-8-2-3-9-22(20)16-21)25-24(27)23-10-6-7-19(15-23)17-26-13-4-5-14-26/h2-3,6-12,15-16,18H,4-5,13-14,17H2,1H3,(H,25,27). The Bertz CT molecular complexity index is 944. The van der Waals surface area contributed by atoms with Gasteiger partial charge in [0.1, 0.15) is 0 Å². The molecule has 0 saturated carbocycles. The first-order valence-electron chi connectivity index (χ1n) is 9.80. The molecule has 1 aliphatic heterocycles. The summed E-state index contributed by atoms with van der Waals surface area (Å²) in [6, 6.07) is 22.7. The third-order valence-corrected chi connectivity index (χ3v) is 5.42. The average Bonchev–Trinajstić information content (AvgIpc) is 3.20. The minimum Gasteiger partial charge on any atom is -0.346 e. The van der Waals surface area contributed by atoms with Crippen LogP contribution in [0.3, 0.4) is 0 Å². The fourth-order valence-electron chi connectivity index (χ4n) is 3.85. The van der Waals surface area contributed by atoms with Gasteiger partial charge in [0, 0.05) is 12.1 Å². The van der Waals surface area contributed by atoms with E-state index in [1.165, 1.54) is 29.2 Å². The van der Waals surface area contributed by atoms with Crippen molar-refractivity contribution in [2.45, 2.75) is 32.4 Å². The van der Waals surface area contributed by atoms with Gasteiger partial charge in [-0.15, -0.1) is 0 Å². The number of amides is 1. The van der Waals surface area contributed by atoms with Gasteiger partial charge in [0.2, 0.25) is 0 Å². The number of rotatable bonds is 5. The Morgan fingerprint density at radius 3 is 2.56 bits per heavy atom. The van der Waals surface area contributed by atoms with E-state index in [9.17, 15) is 4.79 Å². The molecule has 4 rings (SSSR count). The zero-order valence-electron chi connectivity index (χ0n) is 15.8. The number of hydrogen-bond donors (Lipinski definition) is 1. The molecular formula is C24H26N2O. The van der Waals surface area contributed by atoms with Crippen LogP contribution in [0.4, 0.5) is 0 Å². The number of benzene rings is 3. The number of carbonyl (C=O) groups is 1. The average molecular weight is 358 g/mol. The predicted octanol–water partition coefficient (Wildman–Crippen LogP) is 4.93. The normalized spacial score (nSPS) is 15.7. The maximum atomic E-state index is 12.8. The molecule has 3 nitrogen and oxygen atoms in total. The highest BCUT2D eigenvalue weighted by molar-refractivity contribution is 5.94. The Morgan fingerprint density at radius 1 is 0.963 bits per heavy atom. The van der Waals surface area contributed by atoms with Crippen molar-refractivity contribution in [3.8, 4) is 0 Å². The van der Waals surface area contributed by atoms with Crippen molar-refractivity contribution in [1.29, 1.82) is 0 Å². The van der Waals surface area contributed by atoms with E-state index in [-0.39, 0.29) is 11.9 Å². The Hall–Kier alpha value is -2.65. The van der Waals surface area contributed by atoms with Crippen LogP contribution in [0, 0.1) is 0 Å². The second-order valence-corrected chi connectivity index (χ2v) is 7.49. The van der Waals surface area contributed by atoms with Gasteiger partial charge in [-0.1, -0.05) is 48.5 Å². The molecule has 0 radical (unpaired) electrons. The number of likely N-dealkylation sites (tertiary alicyclic amines) is 1. The van der Waals surface area contributed by atoms with Gasteiger partial charge < -0.3 is 5.32 Å². The molecule has 1 atom stereocenters. The Balaban J connectivity index is 1.45. The Morgan fingerprint density at radius 2 is 1.74 bits per heavy atom. The van der Waals surface area contributed by atoms with Crippen LogP contribution in [0.1, 0.15) is 47.3 Å². The summed E-state index contributed by atoms with van der Waals surface area (Å²) in [6.45, 7) is 5.29. The first kappa shape index (κ1) is 17.7. The zero-order chi connectivity index (χ0) is 18.6. The first-order chi connectivity index (χ1) is 13.2. The molecule has 1 unspecified atom stereocenters. The summed E-state index contributed by atoms with van der Waals surface area (Å²) in [5.41, 5.74) is 3.07. The Kier molecular flexibility index (Phi) is 5.21. The van der Waals surface area contributed by atoms with Crippen molar-refractivity contribution in [3.63, 3.8) is 0 Å². The fourth-order valence-corrected chi connectivity index (χ4v) is 3.85. The van der Waals surface area contributed by atoms with Gasteiger partial charge in [-0.3, -0.25) is 9.69 Å². The number of carbonyl (C=O) groups excluding carboxylic acids is 1. The number of hydrogen-bond acceptors (Lipinski definition) is 2. The van der Waals surface area contributed by atoms with Gasteiger partial charge in [0.05, 0.1) is 6.04 Å². The van der Waals surface area contributed by atoms with Crippen LogP contribution in [-0.4, -0.2) is 23.9 Å². The second-order valence-electron chi connectivity index (χ2n) is 7.49. The summed E-state index contributed by atoms with van der Waals surface area (Å²) in [5, 5.41) is 5.56. The molecule has 3 heteroatoms. The first-order valence-corrected chi connectivity index (χ1v) is 9.80. The van der Waals surface area contributed by atoms with Crippen LogP contribution in [0.5, 0.6) is 0 Å². The molecule has 1 aliphatic rings. The van der Waals surface area contributed by atoms with E-state index >= 15 is 0 Å². The molecule has 0 aromatic heterocycles. The van der Waals surface area contributed by atoms with Crippen molar-refractivity contribution in [3.05, 3.63) is 83.4 Å². The summed E-state index contributed by atoms with van der Waals surface area (Å²) in [7, 11) is 0. The van der Waals surface area contributed by atoms with Crippen LogP contribution in [0.25, 0.3) is 10.8 Å². The molecular weight excluding hydrogens is 332 g/mol. The molecule has 0 spiro atoms. The summed E-state index contributed by atoms with van der Waals surface area (Å²) < 4.78 is 0. The summed E-state index contributed by atoms with van der Waals surface area (Å²) in [5.74, 6) is -0.0149. The molecule has 0 aliphatic carbocycles. The molecule has 1 amide bonds. The predicted molar refractivity (Wildman–Crippen MR) is 111 cm³/mol. The van der Waals surface area contributed by atoms with Crippen LogP contribution in [-0.2, 0) is 6.54 Å². The molecule has 1 heterocycles. The van der Waals surface area contributed by atoms with E-state index in [0.717, 1.165) is 30.8 Å². The van der Waals surface area contributed by atoms with Crippen LogP contribution in [0.2, 0.25) is 0 Å². The fraction of sp³-hybridized carbons (Fsp3) is 0.292. The maximum absolute atomic E-state index is 12.8. The lowest BCUT2D eigenvalue weighted by atomic mass is 10.0. The third-order valence-electron chi connectivity index (χ3n) is 5.42. The van der Waals surface area contributed by atoms with Gasteiger partial charge in [-0.05, 0) is 73.0 Å². The van der Waals surface area contributed by atoms with Gasteiger partial charge >= 0.3 is 0 Å². The van der Waals surface area contributed by atoms with Crippen molar-refractivity contribution in [2.24, 2.45) is 0 Å². The highest BCUT2D eigenvalue weighted by Crippen LogP contribution is 2.21. The van der Waals surface area contributed by atoms with E-state index in [4.69, 9.17) is 0 Å². The Labute approximate surface area is 161 Å². The van der Waals surface area contributed by atoms with Crippen molar-refractivity contribution in [2.75, 3.05) is 13.1 Å². The van der Waals surface area contributed by atoms with Crippen molar-refractivity contribution < 1.29 is 4.79 Å². The lowest BCUT2D eigenvalue weighted by molar-refractivity contribution is 0.0939. The number of nitrogens with one attached hydrogen (secondary N) is 1. The van der Waals surface area contributed by atoms with Crippen LogP contribution >= 0.6 is 0 Å². The molecule has 1 saturated heterocycles. The topological polar surface area (TPSA) is 32.3 Å².